The minimum atomic E-state index is -1.22. The molecule has 100 valence electrons. The molecule has 0 fully saturated rings. The van der Waals surface area contributed by atoms with Gasteiger partial charge in [0.25, 0.3) is 0 Å². The van der Waals surface area contributed by atoms with E-state index in [0.29, 0.717) is 11.3 Å². The lowest BCUT2D eigenvalue weighted by atomic mass is 10.1. The van der Waals surface area contributed by atoms with Gasteiger partial charge in [-0.15, -0.1) is 4.72 Å². The predicted octanol–water partition coefficient (Wildman–Crippen LogP) is 2.37. The number of Topliss-reactive ketones (excluding diaryl/α,β-unsaturated/α-hetero) is 1. The van der Waals surface area contributed by atoms with E-state index < -0.39 is 17.2 Å². The van der Waals surface area contributed by atoms with E-state index in [0.717, 1.165) is 12.8 Å². The first-order valence-electron chi connectivity index (χ1n) is 5.96. The van der Waals surface area contributed by atoms with E-state index >= 15 is 0 Å². The number of carbonyl (C=O) groups excluding carboxylic acids is 1. The standard InChI is InChI=1S/C13H18FNO2S/c1-3-4-8-18(17)15-9-12(16)11-7-5-6-10(2)13(11)14/h5-7,15H,3-4,8-9H2,1-2H3/t18-/m1/s1. The number of halogens is 1. The van der Waals surface area contributed by atoms with Crippen LogP contribution < -0.4 is 4.72 Å². The maximum absolute atomic E-state index is 13.7. The van der Waals surface area contributed by atoms with Crippen molar-refractivity contribution in [2.75, 3.05) is 12.3 Å². The average Bonchev–Trinajstić information content (AvgIpc) is 2.36. The highest BCUT2D eigenvalue weighted by Gasteiger charge is 2.15. The molecule has 1 atom stereocenters. The van der Waals surface area contributed by atoms with Crippen LogP contribution in [0.4, 0.5) is 4.39 Å². The number of ketones is 1. The zero-order valence-corrected chi connectivity index (χ0v) is 11.5. The lowest BCUT2D eigenvalue weighted by Gasteiger charge is -2.10. The van der Waals surface area contributed by atoms with Crippen molar-refractivity contribution in [1.29, 1.82) is 0 Å². The zero-order valence-electron chi connectivity index (χ0n) is 10.7. The topological polar surface area (TPSA) is 52.2 Å². The third-order valence-electron chi connectivity index (χ3n) is 2.57. The quantitative estimate of drug-likeness (QED) is 0.612. The fourth-order valence-corrected chi connectivity index (χ4v) is 2.44. The zero-order chi connectivity index (χ0) is 13.5. The Labute approximate surface area is 110 Å². The first-order valence-corrected chi connectivity index (χ1v) is 7.28. The molecular formula is C13H18FNO2S. The Morgan fingerprint density at radius 2 is 2.22 bits per heavy atom. The molecular weight excluding hydrogens is 253 g/mol. The van der Waals surface area contributed by atoms with Gasteiger partial charge in [0.1, 0.15) is 18.1 Å². The molecule has 0 aliphatic heterocycles. The normalized spacial score (nSPS) is 12.4. The Kier molecular flexibility index (Phi) is 6.32. The monoisotopic (exact) mass is 271 g/mol. The molecule has 0 unspecified atom stereocenters. The molecule has 0 aliphatic rings. The van der Waals surface area contributed by atoms with Gasteiger partial charge in [0.2, 0.25) is 0 Å². The molecule has 0 bridgehead atoms. The summed E-state index contributed by atoms with van der Waals surface area (Å²) in [6.45, 7) is 3.51. The van der Waals surface area contributed by atoms with E-state index in [2.05, 4.69) is 4.72 Å². The maximum atomic E-state index is 13.7. The Hall–Kier alpha value is -0.910. The minimum Gasteiger partial charge on any atom is -0.598 e. The molecule has 0 radical (unpaired) electrons. The number of nitrogens with one attached hydrogen (secondary N) is 1. The molecule has 0 aromatic heterocycles. The minimum absolute atomic E-state index is 0.0509. The second kappa shape index (κ2) is 7.51. The Balaban J connectivity index is 2.53. The summed E-state index contributed by atoms with van der Waals surface area (Å²) >= 11 is -1.22. The number of hydrogen-bond donors (Lipinski definition) is 1. The van der Waals surface area contributed by atoms with Gasteiger partial charge in [0, 0.05) is 11.4 Å². The molecule has 0 spiro atoms. The first-order chi connectivity index (χ1) is 8.56. The van der Waals surface area contributed by atoms with Crippen molar-refractivity contribution in [2.45, 2.75) is 26.7 Å². The summed E-state index contributed by atoms with van der Waals surface area (Å²) in [5, 5.41) is 0. The van der Waals surface area contributed by atoms with Gasteiger partial charge in [-0.2, -0.15) is 0 Å². The number of benzene rings is 1. The number of aryl methyl sites for hydroxylation is 1. The molecule has 0 heterocycles. The van der Waals surface area contributed by atoms with Gasteiger partial charge in [-0.05, 0) is 25.0 Å². The molecule has 0 amide bonds. The number of rotatable bonds is 7. The second-order valence-electron chi connectivity index (χ2n) is 4.08. The highest BCUT2D eigenvalue weighted by atomic mass is 32.2. The van der Waals surface area contributed by atoms with Crippen LogP contribution in [0.5, 0.6) is 0 Å². The van der Waals surface area contributed by atoms with Crippen molar-refractivity contribution >= 4 is 17.1 Å². The molecule has 0 saturated carbocycles. The molecule has 1 rings (SSSR count). The maximum Gasteiger partial charge on any atom is 0.184 e. The summed E-state index contributed by atoms with van der Waals surface area (Å²) in [6, 6.07) is 4.69. The smallest absolute Gasteiger partial charge is 0.184 e. The Bertz CT molecular complexity index is 412. The van der Waals surface area contributed by atoms with Crippen molar-refractivity contribution in [3.8, 4) is 0 Å². The molecule has 0 aliphatic carbocycles. The summed E-state index contributed by atoms with van der Waals surface area (Å²) in [7, 11) is 0. The van der Waals surface area contributed by atoms with Gasteiger partial charge in [0.15, 0.2) is 5.78 Å². The van der Waals surface area contributed by atoms with Crippen LogP contribution in [0.2, 0.25) is 0 Å². The van der Waals surface area contributed by atoms with Crippen LogP contribution in [0.3, 0.4) is 0 Å². The van der Waals surface area contributed by atoms with E-state index in [9.17, 15) is 13.7 Å². The predicted molar refractivity (Wildman–Crippen MR) is 71.4 cm³/mol. The van der Waals surface area contributed by atoms with E-state index in [1.54, 1.807) is 19.1 Å². The van der Waals surface area contributed by atoms with Gasteiger partial charge in [-0.3, -0.25) is 4.79 Å². The van der Waals surface area contributed by atoms with Crippen LogP contribution in [0.1, 0.15) is 35.7 Å². The summed E-state index contributed by atoms with van der Waals surface area (Å²) in [6.07, 6.45) is 1.79. The van der Waals surface area contributed by atoms with Gasteiger partial charge in [0.05, 0.1) is 5.56 Å². The highest BCUT2D eigenvalue weighted by Crippen LogP contribution is 2.12. The van der Waals surface area contributed by atoms with Gasteiger partial charge in [-0.1, -0.05) is 25.5 Å². The molecule has 5 heteroatoms. The van der Waals surface area contributed by atoms with Crippen molar-refractivity contribution < 1.29 is 13.7 Å². The third kappa shape index (κ3) is 4.40. The van der Waals surface area contributed by atoms with Crippen LogP contribution in [0.25, 0.3) is 0 Å². The summed E-state index contributed by atoms with van der Waals surface area (Å²) in [5.41, 5.74) is 0.489. The van der Waals surface area contributed by atoms with Crippen molar-refractivity contribution in [1.82, 2.24) is 4.72 Å². The van der Waals surface area contributed by atoms with Gasteiger partial charge in [-0.25, -0.2) is 4.39 Å². The fourth-order valence-electron chi connectivity index (χ4n) is 1.45. The summed E-state index contributed by atoms with van der Waals surface area (Å²) < 4.78 is 27.7. The SMILES string of the molecule is CCCC[S@@+]([O-])NCC(=O)c1cccc(C)c1F. The molecule has 18 heavy (non-hydrogen) atoms. The van der Waals surface area contributed by atoms with Crippen LogP contribution in [0, 0.1) is 12.7 Å². The number of carbonyl (C=O) groups is 1. The number of hydrogen-bond acceptors (Lipinski definition) is 3. The van der Waals surface area contributed by atoms with Gasteiger partial charge >= 0.3 is 0 Å². The Morgan fingerprint density at radius 3 is 2.89 bits per heavy atom. The lowest BCUT2D eigenvalue weighted by molar-refractivity contribution is 0.0993. The third-order valence-corrected chi connectivity index (χ3v) is 3.69. The second-order valence-corrected chi connectivity index (χ2v) is 5.47. The van der Waals surface area contributed by atoms with Crippen LogP contribution in [-0.4, -0.2) is 22.6 Å². The lowest BCUT2D eigenvalue weighted by Crippen LogP contribution is -2.32. The summed E-state index contributed by atoms with van der Waals surface area (Å²) in [5.74, 6) is -0.357. The Morgan fingerprint density at radius 1 is 1.50 bits per heavy atom. The van der Waals surface area contributed by atoms with E-state index in [4.69, 9.17) is 0 Å². The number of unbranched alkanes of at least 4 members (excludes halogenated alkanes) is 1. The van der Waals surface area contributed by atoms with Crippen molar-refractivity contribution in [3.05, 3.63) is 35.1 Å². The van der Waals surface area contributed by atoms with Crippen molar-refractivity contribution in [2.24, 2.45) is 0 Å². The largest absolute Gasteiger partial charge is 0.598 e. The van der Waals surface area contributed by atoms with Gasteiger partial charge < -0.3 is 4.55 Å². The first kappa shape index (κ1) is 15.1. The fraction of sp³-hybridized carbons (Fsp3) is 0.462. The highest BCUT2D eigenvalue weighted by molar-refractivity contribution is 7.89. The van der Waals surface area contributed by atoms with Crippen LogP contribution >= 0.6 is 0 Å². The van der Waals surface area contributed by atoms with E-state index in [1.807, 2.05) is 6.92 Å². The van der Waals surface area contributed by atoms with Crippen LogP contribution in [0.15, 0.2) is 18.2 Å². The average molecular weight is 271 g/mol. The molecule has 1 N–H and O–H groups in total. The molecule has 1 aromatic rings. The molecule has 0 saturated heterocycles. The van der Waals surface area contributed by atoms with Crippen LogP contribution in [-0.2, 0) is 11.4 Å². The molecule has 3 nitrogen and oxygen atoms in total. The van der Waals surface area contributed by atoms with E-state index in [1.165, 1.54) is 6.07 Å². The summed E-state index contributed by atoms with van der Waals surface area (Å²) in [4.78, 5) is 11.8. The van der Waals surface area contributed by atoms with Crippen molar-refractivity contribution in [3.63, 3.8) is 0 Å². The molecule has 1 aromatic carbocycles. The van der Waals surface area contributed by atoms with E-state index in [-0.39, 0.29) is 17.9 Å².